The van der Waals surface area contributed by atoms with E-state index in [2.05, 4.69) is 29.5 Å². The minimum atomic E-state index is 0.607. The fourth-order valence-corrected chi connectivity index (χ4v) is 1.90. The van der Waals surface area contributed by atoms with Crippen molar-refractivity contribution in [1.82, 2.24) is 15.6 Å². The Balaban J connectivity index is 2.22. The maximum Gasteiger partial charge on any atom is 0.166 e. The van der Waals surface area contributed by atoms with Gasteiger partial charge in [0, 0.05) is 17.6 Å². The number of rotatable bonds is 4. The van der Waals surface area contributed by atoms with Gasteiger partial charge < -0.3 is 10.6 Å². The second-order valence-corrected chi connectivity index (χ2v) is 5.53. The molecule has 0 aromatic carbocycles. The van der Waals surface area contributed by atoms with E-state index in [0.717, 1.165) is 23.2 Å². The Morgan fingerprint density at radius 1 is 1.53 bits per heavy atom. The van der Waals surface area contributed by atoms with E-state index in [-0.39, 0.29) is 0 Å². The number of aromatic nitrogens is 1. The van der Waals surface area contributed by atoms with Crippen molar-refractivity contribution in [2.45, 2.75) is 27.3 Å². The Morgan fingerprint density at radius 3 is 2.80 bits per heavy atom. The molecular formula is C10H17N3S2. The first-order valence-electron chi connectivity index (χ1n) is 5.01. The third kappa shape index (κ3) is 5.09. The molecule has 0 amide bonds. The first-order chi connectivity index (χ1) is 7.08. The van der Waals surface area contributed by atoms with Gasteiger partial charge in [-0.25, -0.2) is 4.98 Å². The lowest BCUT2D eigenvalue weighted by molar-refractivity contribution is 0.619. The molecule has 1 heterocycles. The molecular weight excluding hydrogens is 226 g/mol. The summed E-state index contributed by atoms with van der Waals surface area (Å²) in [6.45, 7) is 7.98. The third-order valence-corrected chi connectivity index (χ3v) is 2.96. The van der Waals surface area contributed by atoms with Gasteiger partial charge in [-0.15, -0.1) is 11.3 Å². The van der Waals surface area contributed by atoms with Crippen LogP contribution in [0.15, 0.2) is 6.20 Å². The van der Waals surface area contributed by atoms with Crippen LogP contribution in [0.4, 0.5) is 0 Å². The summed E-state index contributed by atoms with van der Waals surface area (Å²) in [6, 6.07) is 0. The molecule has 3 nitrogen and oxygen atoms in total. The molecule has 1 aromatic rings. The van der Waals surface area contributed by atoms with E-state index in [9.17, 15) is 0 Å². The van der Waals surface area contributed by atoms with Crippen LogP contribution < -0.4 is 10.6 Å². The SMILES string of the molecule is Cc1ncc(CNC(=S)NCC(C)C)s1. The molecule has 5 heteroatoms. The molecule has 0 radical (unpaired) electrons. The van der Waals surface area contributed by atoms with Crippen LogP contribution in [0.1, 0.15) is 23.7 Å². The van der Waals surface area contributed by atoms with Gasteiger partial charge in [-0.1, -0.05) is 13.8 Å². The lowest BCUT2D eigenvalue weighted by Gasteiger charge is -2.11. The van der Waals surface area contributed by atoms with E-state index in [1.54, 1.807) is 11.3 Å². The molecule has 0 aliphatic rings. The predicted octanol–water partition coefficient (Wildman–Crippen LogP) is 2.07. The second-order valence-electron chi connectivity index (χ2n) is 3.80. The Labute approximate surface area is 100 Å². The first-order valence-corrected chi connectivity index (χ1v) is 6.23. The summed E-state index contributed by atoms with van der Waals surface area (Å²) in [7, 11) is 0. The van der Waals surface area contributed by atoms with E-state index in [1.165, 1.54) is 4.88 Å². The van der Waals surface area contributed by atoms with Crippen molar-refractivity contribution in [3.05, 3.63) is 16.1 Å². The van der Waals surface area contributed by atoms with E-state index in [0.29, 0.717) is 5.92 Å². The highest BCUT2D eigenvalue weighted by atomic mass is 32.1. The van der Waals surface area contributed by atoms with Gasteiger partial charge in [-0.05, 0) is 25.1 Å². The molecule has 2 N–H and O–H groups in total. The van der Waals surface area contributed by atoms with Crippen molar-refractivity contribution in [2.75, 3.05) is 6.54 Å². The predicted molar refractivity (Wildman–Crippen MR) is 69.1 cm³/mol. The van der Waals surface area contributed by atoms with Crippen LogP contribution in [0.25, 0.3) is 0 Å². The number of nitrogens with zero attached hydrogens (tertiary/aromatic N) is 1. The van der Waals surface area contributed by atoms with Gasteiger partial charge in [-0.3, -0.25) is 0 Å². The molecule has 84 valence electrons. The molecule has 1 rings (SSSR count). The van der Waals surface area contributed by atoms with Crippen LogP contribution in [0, 0.1) is 12.8 Å². The molecule has 0 bridgehead atoms. The fraction of sp³-hybridized carbons (Fsp3) is 0.600. The fourth-order valence-electron chi connectivity index (χ4n) is 1.01. The molecule has 0 spiro atoms. The number of nitrogens with one attached hydrogen (secondary N) is 2. The Morgan fingerprint density at radius 2 is 2.27 bits per heavy atom. The van der Waals surface area contributed by atoms with E-state index >= 15 is 0 Å². The highest BCUT2D eigenvalue weighted by Crippen LogP contribution is 2.10. The average Bonchev–Trinajstić information content (AvgIpc) is 2.58. The van der Waals surface area contributed by atoms with Crippen LogP contribution >= 0.6 is 23.6 Å². The zero-order chi connectivity index (χ0) is 11.3. The summed E-state index contributed by atoms with van der Waals surface area (Å²) in [5.41, 5.74) is 0. The monoisotopic (exact) mass is 243 g/mol. The third-order valence-electron chi connectivity index (χ3n) is 1.76. The molecule has 0 aliphatic heterocycles. The van der Waals surface area contributed by atoms with Crippen LogP contribution in [-0.2, 0) is 6.54 Å². The number of hydrogen-bond acceptors (Lipinski definition) is 3. The van der Waals surface area contributed by atoms with E-state index < -0.39 is 0 Å². The maximum absolute atomic E-state index is 5.14. The van der Waals surface area contributed by atoms with Gasteiger partial charge in [0.1, 0.15) is 0 Å². The zero-order valence-electron chi connectivity index (χ0n) is 9.33. The van der Waals surface area contributed by atoms with E-state index in [4.69, 9.17) is 12.2 Å². The molecule has 0 aliphatic carbocycles. The van der Waals surface area contributed by atoms with Crippen LogP contribution in [-0.4, -0.2) is 16.6 Å². The van der Waals surface area contributed by atoms with Crippen molar-refractivity contribution >= 4 is 28.7 Å². The van der Waals surface area contributed by atoms with Crippen molar-refractivity contribution in [3.63, 3.8) is 0 Å². The Bertz CT molecular complexity index is 320. The quantitative estimate of drug-likeness (QED) is 0.794. The van der Waals surface area contributed by atoms with Gasteiger partial charge in [0.05, 0.1) is 11.6 Å². The Hall–Kier alpha value is -0.680. The molecule has 0 saturated heterocycles. The summed E-state index contributed by atoms with van der Waals surface area (Å²) < 4.78 is 0. The topological polar surface area (TPSA) is 37.0 Å². The molecule has 0 saturated carbocycles. The second kappa shape index (κ2) is 6.02. The highest BCUT2D eigenvalue weighted by molar-refractivity contribution is 7.80. The minimum absolute atomic E-state index is 0.607. The molecule has 1 aromatic heterocycles. The summed E-state index contributed by atoms with van der Waals surface area (Å²) >= 11 is 6.83. The van der Waals surface area contributed by atoms with Crippen LogP contribution in [0.5, 0.6) is 0 Å². The van der Waals surface area contributed by atoms with Crippen molar-refractivity contribution in [1.29, 1.82) is 0 Å². The summed E-state index contributed by atoms with van der Waals surface area (Å²) in [4.78, 5) is 5.39. The number of aryl methyl sites for hydroxylation is 1. The zero-order valence-corrected chi connectivity index (χ0v) is 11.0. The lowest BCUT2D eigenvalue weighted by atomic mass is 10.2. The van der Waals surface area contributed by atoms with Crippen LogP contribution in [0.2, 0.25) is 0 Å². The number of thiocarbonyl (C=S) groups is 1. The maximum atomic E-state index is 5.14. The molecule has 0 unspecified atom stereocenters. The number of thiazole rings is 1. The molecule has 0 atom stereocenters. The van der Waals surface area contributed by atoms with Gasteiger partial charge in [0.2, 0.25) is 0 Å². The average molecular weight is 243 g/mol. The molecule has 0 fully saturated rings. The summed E-state index contributed by atoms with van der Waals surface area (Å²) in [5.74, 6) is 0.607. The van der Waals surface area contributed by atoms with Crippen molar-refractivity contribution < 1.29 is 0 Å². The summed E-state index contributed by atoms with van der Waals surface area (Å²) in [5, 5.41) is 8.13. The Kier molecular flexibility index (Phi) is 4.98. The van der Waals surface area contributed by atoms with Gasteiger partial charge in [0.15, 0.2) is 5.11 Å². The van der Waals surface area contributed by atoms with E-state index in [1.807, 2.05) is 13.1 Å². The van der Waals surface area contributed by atoms with Gasteiger partial charge in [0.25, 0.3) is 0 Å². The minimum Gasteiger partial charge on any atom is -0.362 e. The van der Waals surface area contributed by atoms with Gasteiger partial charge in [-0.2, -0.15) is 0 Å². The van der Waals surface area contributed by atoms with Crippen molar-refractivity contribution in [2.24, 2.45) is 5.92 Å². The number of hydrogen-bond donors (Lipinski definition) is 2. The largest absolute Gasteiger partial charge is 0.362 e. The smallest absolute Gasteiger partial charge is 0.166 e. The highest BCUT2D eigenvalue weighted by Gasteiger charge is 2.00. The van der Waals surface area contributed by atoms with Crippen LogP contribution in [0.3, 0.4) is 0 Å². The molecule has 15 heavy (non-hydrogen) atoms. The van der Waals surface area contributed by atoms with Gasteiger partial charge >= 0.3 is 0 Å². The van der Waals surface area contributed by atoms with Crippen molar-refractivity contribution in [3.8, 4) is 0 Å². The normalized spacial score (nSPS) is 10.4. The standard InChI is InChI=1S/C10H17N3S2/c1-7(2)4-12-10(14)13-6-9-5-11-8(3)15-9/h5,7H,4,6H2,1-3H3,(H2,12,13,14). The lowest BCUT2D eigenvalue weighted by Crippen LogP contribution is -2.36. The summed E-state index contributed by atoms with van der Waals surface area (Å²) in [6.07, 6.45) is 1.89. The first kappa shape index (κ1) is 12.4.